The van der Waals surface area contributed by atoms with E-state index in [-0.39, 0.29) is 16.6 Å². The molecule has 0 radical (unpaired) electrons. The van der Waals surface area contributed by atoms with Gasteiger partial charge < -0.3 is 9.88 Å². The highest BCUT2D eigenvalue weighted by Crippen LogP contribution is 2.26. The number of benzene rings is 2. The van der Waals surface area contributed by atoms with Gasteiger partial charge in [-0.25, -0.2) is 18.5 Å². The van der Waals surface area contributed by atoms with Gasteiger partial charge in [-0.05, 0) is 49.7 Å². The smallest absolute Gasteiger partial charge is 0.238 e. The zero-order chi connectivity index (χ0) is 20.5. The van der Waals surface area contributed by atoms with Gasteiger partial charge >= 0.3 is 0 Å². The number of thioether (sulfide) groups is 1. The number of imidazole rings is 1. The summed E-state index contributed by atoms with van der Waals surface area (Å²) in [6, 6.07) is 9.90. The Morgan fingerprint density at radius 3 is 2.68 bits per heavy atom. The van der Waals surface area contributed by atoms with E-state index in [4.69, 9.17) is 16.7 Å². The molecule has 3 rings (SSSR count). The number of aromatic nitrogens is 2. The zero-order valence-corrected chi connectivity index (χ0v) is 17.7. The number of nitrogens with zero attached hydrogens (tertiary/aromatic N) is 2. The molecule has 7 nitrogen and oxygen atoms in total. The minimum absolute atomic E-state index is 0.00583. The molecule has 3 aromatic rings. The predicted octanol–water partition coefficient (Wildman–Crippen LogP) is 3.40. The number of hydrogen-bond donors (Lipinski definition) is 2. The Kier molecular flexibility index (Phi) is 5.99. The molecule has 1 aromatic heterocycles. The fourth-order valence-corrected chi connectivity index (χ4v) is 4.27. The lowest BCUT2D eigenvalue weighted by Crippen LogP contribution is -2.14. The van der Waals surface area contributed by atoms with Crippen molar-refractivity contribution in [2.45, 2.75) is 30.4 Å². The first-order valence-corrected chi connectivity index (χ1v) is 11.3. The molecule has 0 aliphatic rings. The van der Waals surface area contributed by atoms with Gasteiger partial charge in [0.2, 0.25) is 15.9 Å². The number of fused-ring (bicyclic) bond motifs is 1. The largest absolute Gasteiger partial charge is 0.325 e. The fourth-order valence-electron chi connectivity index (χ4n) is 2.68. The molecular weight excluding hydrogens is 420 g/mol. The van der Waals surface area contributed by atoms with Crippen LogP contribution >= 0.6 is 23.4 Å². The maximum absolute atomic E-state index is 12.3. The monoisotopic (exact) mass is 438 g/mol. The molecule has 0 saturated heterocycles. The van der Waals surface area contributed by atoms with Crippen molar-refractivity contribution in [3.05, 3.63) is 47.0 Å². The minimum atomic E-state index is -3.80. The normalized spacial score (nSPS) is 11.7. The summed E-state index contributed by atoms with van der Waals surface area (Å²) in [5, 5.41) is 9.20. The van der Waals surface area contributed by atoms with Gasteiger partial charge in [-0.15, -0.1) is 0 Å². The third-order valence-corrected chi connectivity index (χ3v) is 6.41. The van der Waals surface area contributed by atoms with Crippen LogP contribution in [0, 0.1) is 6.92 Å². The second-order valence-corrected chi connectivity index (χ2v) is 9.05. The Morgan fingerprint density at radius 1 is 1.29 bits per heavy atom. The van der Waals surface area contributed by atoms with Gasteiger partial charge in [-0.2, -0.15) is 0 Å². The molecule has 148 valence electrons. The van der Waals surface area contributed by atoms with Crippen LogP contribution in [0.15, 0.2) is 46.5 Å². The molecule has 0 saturated carbocycles. The Hall–Kier alpha value is -2.07. The Morgan fingerprint density at radius 2 is 2.04 bits per heavy atom. The van der Waals surface area contributed by atoms with Crippen molar-refractivity contribution >= 4 is 56.0 Å². The van der Waals surface area contributed by atoms with Crippen LogP contribution < -0.4 is 10.5 Å². The van der Waals surface area contributed by atoms with Gasteiger partial charge in [0.1, 0.15) is 0 Å². The third-order valence-electron chi connectivity index (χ3n) is 4.12. The maximum atomic E-state index is 12.3. The van der Waals surface area contributed by atoms with Gasteiger partial charge in [-0.1, -0.05) is 29.4 Å². The number of nitrogens with two attached hydrogens (primary N) is 1. The van der Waals surface area contributed by atoms with Crippen molar-refractivity contribution in [1.82, 2.24) is 9.55 Å². The number of hydrogen-bond acceptors (Lipinski definition) is 5. The van der Waals surface area contributed by atoms with Gasteiger partial charge in [0.25, 0.3) is 0 Å². The van der Waals surface area contributed by atoms with Crippen LogP contribution in [0.5, 0.6) is 0 Å². The molecule has 28 heavy (non-hydrogen) atoms. The lowest BCUT2D eigenvalue weighted by atomic mass is 10.2. The molecule has 0 aliphatic carbocycles. The molecule has 2 aromatic carbocycles. The average molecular weight is 439 g/mol. The number of carbonyl (C=O) groups is 1. The average Bonchev–Trinajstić information content (AvgIpc) is 2.99. The molecule has 0 bridgehead atoms. The quantitative estimate of drug-likeness (QED) is 0.573. The zero-order valence-electron chi connectivity index (χ0n) is 15.3. The van der Waals surface area contributed by atoms with Crippen molar-refractivity contribution in [1.29, 1.82) is 0 Å². The second kappa shape index (κ2) is 8.12. The molecule has 1 amide bonds. The summed E-state index contributed by atoms with van der Waals surface area (Å²) in [6.45, 7) is 4.47. The van der Waals surface area contributed by atoms with Gasteiger partial charge in [0, 0.05) is 17.3 Å². The van der Waals surface area contributed by atoms with Crippen molar-refractivity contribution < 1.29 is 13.2 Å². The van der Waals surface area contributed by atoms with E-state index in [9.17, 15) is 13.2 Å². The fraction of sp³-hybridized carbons (Fsp3) is 0.222. The Balaban J connectivity index is 1.77. The van der Waals surface area contributed by atoms with E-state index >= 15 is 0 Å². The van der Waals surface area contributed by atoms with Crippen molar-refractivity contribution in [2.24, 2.45) is 5.14 Å². The van der Waals surface area contributed by atoms with E-state index in [1.165, 1.54) is 23.9 Å². The summed E-state index contributed by atoms with van der Waals surface area (Å²) in [7, 11) is -3.80. The van der Waals surface area contributed by atoms with Gasteiger partial charge in [0.15, 0.2) is 5.16 Å². The van der Waals surface area contributed by atoms with E-state index in [0.717, 1.165) is 11.1 Å². The summed E-state index contributed by atoms with van der Waals surface area (Å²) in [4.78, 5) is 16.7. The van der Waals surface area contributed by atoms with Crippen LogP contribution in [-0.2, 0) is 21.4 Å². The predicted molar refractivity (Wildman–Crippen MR) is 112 cm³/mol. The van der Waals surface area contributed by atoms with E-state index in [0.29, 0.717) is 27.9 Å². The number of sulfonamides is 1. The molecule has 0 spiro atoms. The topological polar surface area (TPSA) is 107 Å². The summed E-state index contributed by atoms with van der Waals surface area (Å²) in [6.07, 6.45) is 0. The van der Waals surface area contributed by atoms with Crippen molar-refractivity contribution in [3.8, 4) is 0 Å². The molecule has 10 heteroatoms. The van der Waals surface area contributed by atoms with Gasteiger partial charge in [-0.3, -0.25) is 4.79 Å². The third kappa shape index (κ3) is 4.49. The first-order valence-electron chi connectivity index (χ1n) is 8.41. The highest BCUT2D eigenvalue weighted by Gasteiger charge is 2.15. The molecule has 0 fully saturated rings. The first-order chi connectivity index (χ1) is 13.2. The summed E-state index contributed by atoms with van der Waals surface area (Å²) in [5.74, 6) is -0.0403. The standard InChI is InChI=1S/C18H19ClN4O3S2/c1-3-23-16-7-6-13(28(20,25)26)9-15(16)22-18(23)27-10-17(24)21-12-5-4-11(2)14(19)8-12/h4-9H,3,10H2,1-2H3,(H,21,24)(H2,20,25,26). The van der Waals surface area contributed by atoms with Crippen LogP contribution in [-0.4, -0.2) is 29.6 Å². The molecule has 0 atom stereocenters. The van der Waals surface area contributed by atoms with E-state index < -0.39 is 10.0 Å². The van der Waals surface area contributed by atoms with Crippen molar-refractivity contribution in [3.63, 3.8) is 0 Å². The number of primary sulfonamides is 1. The highest BCUT2D eigenvalue weighted by atomic mass is 35.5. The number of nitrogens with one attached hydrogen (secondary N) is 1. The summed E-state index contributed by atoms with van der Waals surface area (Å²) >= 11 is 7.35. The Labute approximate surface area is 172 Å². The second-order valence-electron chi connectivity index (χ2n) is 6.13. The lowest BCUT2D eigenvalue weighted by molar-refractivity contribution is -0.113. The van der Waals surface area contributed by atoms with E-state index in [1.807, 2.05) is 24.5 Å². The van der Waals surface area contributed by atoms with Crippen LogP contribution in [0.2, 0.25) is 5.02 Å². The number of anilines is 1. The number of aryl methyl sites for hydroxylation is 2. The minimum Gasteiger partial charge on any atom is -0.325 e. The SMILES string of the molecule is CCn1c(SCC(=O)Nc2ccc(C)c(Cl)c2)nc2cc(S(N)(=O)=O)ccc21. The number of halogens is 1. The van der Waals surface area contributed by atoms with E-state index in [1.54, 1.807) is 18.2 Å². The van der Waals surface area contributed by atoms with E-state index in [2.05, 4.69) is 10.3 Å². The Bertz CT molecular complexity index is 1160. The molecule has 0 unspecified atom stereocenters. The highest BCUT2D eigenvalue weighted by molar-refractivity contribution is 7.99. The van der Waals surface area contributed by atoms with Crippen LogP contribution in [0.25, 0.3) is 11.0 Å². The van der Waals surface area contributed by atoms with Crippen LogP contribution in [0.3, 0.4) is 0 Å². The number of rotatable bonds is 6. The molecule has 1 heterocycles. The molecular formula is C18H19ClN4O3S2. The summed E-state index contributed by atoms with van der Waals surface area (Å²) in [5.41, 5.74) is 2.86. The van der Waals surface area contributed by atoms with Gasteiger partial charge in [0.05, 0.1) is 21.7 Å². The van der Waals surface area contributed by atoms with Crippen molar-refractivity contribution in [2.75, 3.05) is 11.1 Å². The maximum Gasteiger partial charge on any atom is 0.238 e. The van der Waals surface area contributed by atoms with Crippen LogP contribution in [0.4, 0.5) is 5.69 Å². The van der Waals surface area contributed by atoms with Crippen LogP contribution in [0.1, 0.15) is 12.5 Å². The molecule has 0 aliphatic heterocycles. The lowest BCUT2D eigenvalue weighted by Gasteiger charge is -2.08. The number of amides is 1. The summed E-state index contributed by atoms with van der Waals surface area (Å²) < 4.78 is 25.0. The molecule has 3 N–H and O–H groups in total. The number of carbonyl (C=O) groups excluding carboxylic acids is 1. The first kappa shape index (κ1) is 20.7.